The number of nitrogens with two attached hydrogens (primary N) is 1. The zero-order valence-electron chi connectivity index (χ0n) is 9.48. The molecule has 0 spiro atoms. The first-order valence-corrected chi connectivity index (χ1v) is 5.61. The molecule has 0 unspecified atom stereocenters. The van der Waals surface area contributed by atoms with E-state index in [4.69, 9.17) is 22.1 Å². The number of methoxy groups -OCH3 is 1. The summed E-state index contributed by atoms with van der Waals surface area (Å²) >= 11 is 6.00. The van der Waals surface area contributed by atoms with Crippen LogP contribution in [0.4, 0.5) is 0 Å². The number of benzene rings is 1. The minimum absolute atomic E-state index is 0.471. The summed E-state index contributed by atoms with van der Waals surface area (Å²) in [5, 5.41) is 0.688. The number of hydrogen-bond donors (Lipinski definition) is 1. The zero-order valence-corrected chi connectivity index (χ0v) is 10.2. The molecule has 0 fully saturated rings. The SMILES string of the molecule is COc1ccc(-c2cc(Cl)ccc2CN)cn1. The predicted molar refractivity (Wildman–Crippen MR) is 69.1 cm³/mol. The van der Waals surface area contributed by atoms with Crippen molar-refractivity contribution in [1.29, 1.82) is 0 Å². The maximum Gasteiger partial charge on any atom is 0.212 e. The quantitative estimate of drug-likeness (QED) is 0.909. The highest BCUT2D eigenvalue weighted by Crippen LogP contribution is 2.27. The van der Waals surface area contributed by atoms with Crippen LogP contribution in [0.5, 0.6) is 5.88 Å². The molecule has 0 aliphatic carbocycles. The van der Waals surface area contributed by atoms with Gasteiger partial charge in [-0.1, -0.05) is 17.7 Å². The summed E-state index contributed by atoms with van der Waals surface area (Å²) in [7, 11) is 1.59. The Balaban J connectivity index is 2.47. The minimum atomic E-state index is 0.471. The lowest BCUT2D eigenvalue weighted by Gasteiger charge is -2.08. The zero-order chi connectivity index (χ0) is 12.3. The molecular weight excluding hydrogens is 236 g/mol. The molecule has 4 heteroatoms. The highest BCUT2D eigenvalue weighted by molar-refractivity contribution is 6.30. The lowest BCUT2D eigenvalue weighted by molar-refractivity contribution is 0.398. The van der Waals surface area contributed by atoms with Crippen LogP contribution in [0.15, 0.2) is 36.5 Å². The molecule has 0 saturated carbocycles. The van der Waals surface area contributed by atoms with Gasteiger partial charge in [0.15, 0.2) is 0 Å². The molecule has 1 aromatic heterocycles. The third-order valence-electron chi connectivity index (χ3n) is 2.55. The molecule has 1 aromatic carbocycles. The Morgan fingerprint density at radius 3 is 2.71 bits per heavy atom. The second-order valence-corrected chi connectivity index (χ2v) is 4.03. The lowest BCUT2D eigenvalue weighted by atomic mass is 10.0. The third-order valence-corrected chi connectivity index (χ3v) is 2.78. The summed E-state index contributed by atoms with van der Waals surface area (Å²) in [6, 6.07) is 9.42. The average molecular weight is 249 g/mol. The van der Waals surface area contributed by atoms with Crippen molar-refractivity contribution in [2.24, 2.45) is 5.73 Å². The Kier molecular flexibility index (Phi) is 3.61. The first-order chi connectivity index (χ1) is 8.24. The Morgan fingerprint density at radius 2 is 2.12 bits per heavy atom. The molecular formula is C13H13ClN2O. The van der Waals surface area contributed by atoms with Crippen LogP contribution in [0.25, 0.3) is 11.1 Å². The Hall–Kier alpha value is -1.58. The largest absolute Gasteiger partial charge is 0.481 e. The standard InChI is InChI=1S/C13H13ClN2O/c1-17-13-5-3-10(8-16-13)12-6-11(14)4-2-9(12)7-15/h2-6,8H,7,15H2,1H3. The van der Waals surface area contributed by atoms with E-state index in [1.165, 1.54) is 0 Å². The van der Waals surface area contributed by atoms with Gasteiger partial charge in [-0.3, -0.25) is 0 Å². The van der Waals surface area contributed by atoms with E-state index in [2.05, 4.69) is 4.98 Å². The van der Waals surface area contributed by atoms with Gasteiger partial charge in [0, 0.05) is 29.4 Å². The Bertz CT molecular complexity index is 511. The number of aromatic nitrogens is 1. The molecule has 2 aromatic rings. The van der Waals surface area contributed by atoms with Crippen molar-refractivity contribution in [2.45, 2.75) is 6.54 Å². The summed E-state index contributed by atoms with van der Waals surface area (Å²) in [5.74, 6) is 0.588. The van der Waals surface area contributed by atoms with Crippen molar-refractivity contribution < 1.29 is 4.74 Å². The van der Waals surface area contributed by atoms with E-state index in [1.54, 1.807) is 13.3 Å². The van der Waals surface area contributed by atoms with E-state index in [0.717, 1.165) is 16.7 Å². The summed E-state index contributed by atoms with van der Waals surface area (Å²) in [6.07, 6.45) is 1.75. The van der Waals surface area contributed by atoms with Crippen LogP contribution in [-0.4, -0.2) is 12.1 Å². The fourth-order valence-electron chi connectivity index (χ4n) is 1.66. The van der Waals surface area contributed by atoms with Crippen molar-refractivity contribution in [3.05, 3.63) is 47.1 Å². The normalized spacial score (nSPS) is 10.3. The van der Waals surface area contributed by atoms with Crippen molar-refractivity contribution >= 4 is 11.6 Å². The van der Waals surface area contributed by atoms with Crippen LogP contribution in [0, 0.1) is 0 Å². The molecule has 1 heterocycles. The molecule has 0 radical (unpaired) electrons. The topological polar surface area (TPSA) is 48.1 Å². The highest BCUT2D eigenvalue weighted by Gasteiger charge is 2.05. The molecule has 0 atom stereocenters. The molecule has 2 N–H and O–H groups in total. The summed E-state index contributed by atoms with van der Waals surface area (Å²) in [4.78, 5) is 4.17. The number of rotatable bonds is 3. The number of hydrogen-bond acceptors (Lipinski definition) is 3. The van der Waals surface area contributed by atoms with Gasteiger partial charge in [-0.25, -0.2) is 4.98 Å². The van der Waals surface area contributed by atoms with Gasteiger partial charge in [0.1, 0.15) is 0 Å². The number of pyridine rings is 1. The molecule has 3 nitrogen and oxygen atoms in total. The van der Waals surface area contributed by atoms with Gasteiger partial charge in [0.25, 0.3) is 0 Å². The van der Waals surface area contributed by atoms with Gasteiger partial charge < -0.3 is 10.5 Å². The molecule has 0 aliphatic heterocycles. The van der Waals surface area contributed by atoms with E-state index < -0.39 is 0 Å². The second kappa shape index (κ2) is 5.17. The van der Waals surface area contributed by atoms with E-state index in [1.807, 2.05) is 30.3 Å². The molecule has 0 bridgehead atoms. The van der Waals surface area contributed by atoms with Gasteiger partial charge in [-0.05, 0) is 29.3 Å². The van der Waals surface area contributed by atoms with Crippen molar-refractivity contribution in [1.82, 2.24) is 4.98 Å². The van der Waals surface area contributed by atoms with E-state index in [0.29, 0.717) is 17.4 Å². The fraction of sp³-hybridized carbons (Fsp3) is 0.154. The average Bonchev–Trinajstić information content (AvgIpc) is 2.39. The molecule has 17 heavy (non-hydrogen) atoms. The van der Waals surface area contributed by atoms with Gasteiger partial charge >= 0.3 is 0 Å². The van der Waals surface area contributed by atoms with Crippen molar-refractivity contribution in [2.75, 3.05) is 7.11 Å². The fourth-order valence-corrected chi connectivity index (χ4v) is 1.83. The summed E-state index contributed by atoms with van der Waals surface area (Å²) in [5.41, 5.74) is 8.74. The number of ether oxygens (including phenoxy) is 1. The van der Waals surface area contributed by atoms with Crippen molar-refractivity contribution in [3.8, 4) is 17.0 Å². The Morgan fingerprint density at radius 1 is 1.29 bits per heavy atom. The second-order valence-electron chi connectivity index (χ2n) is 3.59. The van der Waals surface area contributed by atoms with Crippen LogP contribution in [0.2, 0.25) is 5.02 Å². The summed E-state index contributed by atoms with van der Waals surface area (Å²) in [6.45, 7) is 0.471. The molecule has 2 rings (SSSR count). The maximum atomic E-state index is 6.00. The van der Waals surface area contributed by atoms with E-state index >= 15 is 0 Å². The van der Waals surface area contributed by atoms with Gasteiger partial charge in [-0.2, -0.15) is 0 Å². The monoisotopic (exact) mass is 248 g/mol. The highest BCUT2D eigenvalue weighted by atomic mass is 35.5. The van der Waals surface area contributed by atoms with E-state index in [9.17, 15) is 0 Å². The van der Waals surface area contributed by atoms with Gasteiger partial charge in [-0.15, -0.1) is 0 Å². The smallest absolute Gasteiger partial charge is 0.212 e. The van der Waals surface area contributed by atoms with Crippen LogP contribution in [-0.2, 0) is 6.54 Å². The van der Waals surface area contributed by atoms with Gasteiger partial charge in [0.2, 0.25) is 5.88 Å². The molecule has 0 aliphatic rings. The Labute approximate surface area is 105 Å². The maximum absolute atomic E-state index is 6.00. The summed E-state index contributed by atoms with van der Waals surface area (Å²) < 4.78 is 5.02. The first kappa shape index (κ1) is 11.9. The minimum Gasteiger partial charge on any atom is -0.481 e. The van der Waals surface area contributed by atoms with Crippen LogP contribution >= 0.6 is 11.6 Å². The first-order valence-electron chi connectivity index (χ1n) is 5.23. The predicted octanol–water partition coefficient (Wildman–Crippen LogP) is 2.87. The molecule has 88 valence electrons. The van der Waals surface area contributed by atoms with Crippen LogP contribution < -0.4 is 10.5 Å². The number of nitrogens with zero attached hydrogens (tertiary/aromatic N) is 1. The molecule has 0 saturated heterocycles. The van der Waals surface area contributed by atoms with Crippen molar-refractivity contribution in [3.63, 3.8) is 0 Å². The molecule has 0 amide bonds. The number of halogens is 1. The lowest BCUT2D eigenvalue weighted by Crippen LogP contribution is -1.99. The van der Waals surface area contributed by atoms with Gasteiger partial charge in [0.05, 0.1) is 7.11 Å². The third kappa shape index (κ3) is 2.57. The van der Waals surface area contributed by atoms with E-state index in [-0.39, 0.29) is 0 Å². The van der Waals surface area contributed by atoms with Crippen LogP contribution in [0.1, 0.15) is 5.56 Å². The van der Waals surface area contributed by atoms with Crippen LogP contribution in [0.3, 0.4) is 0 Å².